The number of nitrogens with two attached hydrogens (primary N) is 1. The van der Waals surface area contributed by atoms with Gasteiger partial charge in [0.1, 0.15) is 12.5 Å². The third-order valence-electron chi connectivity index (χ3n) is 2.93. The second kappa shape index (κ2) is 6.77. The maximum absolute atomic E-state index is 5.90. The first-order chi connectivity index (χ1) is 8.85. The van der Waals surface area contributed by atoms with Gasteiger partial charge in [0.15, 0.2) is 0 Å². The van der Waals surface area contributed by atoms with Gasteiger partial charge in [0.25, 0.3) is 0 Å². The lowest BCUT2D eigenvalue weighted by Crippen LogP contribution is -2.26. The molecule has 1 rings (SSSR count). The standard InChI is InChI=1S/C13H26N4OSi/c1-6-12(14)16(2)13-7-8-15-17(13)11-18-9-10-19(3,4)5/h6-8H,9-11,14H2,1-5H3/b12-6+. The molecule has 0 fully saturated rings. The smallest absolute Gasteiger partial charge is 0.141 e. The maximum atomic E-state index is 5.90. The number of hydrogen-bond acceptors (Lipinski definition) is 4. The molecule has 0 saturated heterocycles. The molecule has 0 saturated carbocycles. The Morgan fingerprint density at radius 2 is 2.21 bits per heavy atom. The van der Waals surface area contributed by atoms with E-state index < -0.39 is 8.07 Å². The fourth-order valence-corrected chi connectivity index (χ4v) is 2.32. The van der Waals surface area contributed by atoms with Crippen molar-refractivity contribution in [3.63, 3.8) is 0 Å². The van der Waals surface area contributed by atoms with Gasteiger partial charge in [-0.05, 0) is 19.0 Å². The maximum Gasteiger partial charge on any atom is 0.141 e. The van der Waals surface area contributed by atoms with Crippen LogP contribution in [0.4, 0.5) is 5.82 Å². The van der Waals surface area contributed by atoms with Crippen molar-refractivity contribution in [3.05, 3.63) is 24.2 Å². The van der Waals surface area contributed by atoms with Gasteiger partial charge in [-0.1, -0.05) is 19.6 Å². The molecule has 0 radical (unpaired) electrons. The van der Waals surface area contributed by atoms with Crippen molar-refractivity contribution in [2.45, 2.75) is 39.3 Å². The fourth-order valence-electron chi connectivity index (χ4n) is 1.57. The van der Waals surface area contributed by atoms with Gasteiger partial charge in [-0.3, -0.25) is 0 Å². The van der Waals surface area contributed by atoms with Gasteiger partial charge in [0.05, 0.1) is 12.0 Å². The normalized spacial score (nSPS) is 12.8. The van der Waals surface area contributed by atoms with Crippen LogP contribution in [0.5, 0.6) is 0 Å². The van der Waals surface area contributed by atoms with Crippen molar-refractivity contribution in [2.24, 2.45) is 5.73 Å². The zero-order chi connectivity index (χ0) is 14.5. The highest BCUT2D eigenvalue weighted by Gasteiger charge is 2.13. The molecule has 0 aliphatic heterocycles. The van der Waals surface area contributed by atoms with Crippen LogP contribution >= 0.6 is 0 Å². The monoisotopic (exact) mass is 282 g/mol. The van der Waals surface area contributed by atoms with E-state index in [1.54, 1.807) is 6.20 Å². The Kier molecular flexibility index (Phi) is 5.62. The van der Waals surface area contributed by atoms with Crippen LogP contribution in [0.3, 0.4) is 0 Å². The first-order valence-electron chi connectivity index (χ1n) is 6.60. The third-order valence-corrected chi connectivity index (χ3v) is 4.63. The molecule has 1 aromatic heterocycles. The van der Waals surface area contributed by atoms with Gasteiger partial charge < -0.3 is 15.4 Å². The number of ether oxygens (including phenoxy) is 1. The van der Waals surface area contributed by atoms with Crippen LogP contribution in [0.15, 0.2) is 24.2 Å². The second-order valence-electron chi connectivity index (χ2n) is 5.81. The summed E-state index contributed by atoms with van der Waals surface area (Å²) < 4.78 is 7.53. The fraction of sp³-hybridized carbons (Fsp3) is 0.615. The quantitative estimate of drug-likeness (QED) is 0.616. The number of hydrogen-bond donors (Lipinski definition) is 1. The van der Waals surface area contributed by atoms with Crippen LogP contribution in [0.25, 0.3) is 0 Å². The Hall–Kier alpha value is -1.27. The van der Waals surface area contributed by atoms with Crippen molar-refractivity contribution < 1.29 is 4.74 Å². The molecular formula is C13H26N4OSi. The van der Waals surface area contributed by atoms with E-state index >= 15 is 0 Å². The summed E-state index contributed by atoms with van der Waals surface area (Å²) in [6.45, 7) is 10.2. The Balaban J connectivity index is 2.54. The molecule has 0 unspecified atom stereocenters. The molecule has 19 heavy (non-hydrogen) atoms. The molecule has 108 valence electrons. The van der Waals surface area contributed by atoms with Gasteiger partial charge in [0, 0.05) is 27.8 Å². The number of nitrogens with zero attached hydrogens (tertiary/aromatic N) is 3. The van der Waals surface area contributed by atoms with E-state index in [0.717, 1.165) is 18.5 Å². The molecule has 0 aromatic carbocycles. The van der Waals surface area contributed by atoms with Gasteiger partial charge in [0.2, 0.25) is 0 Å². The molecule has 2 N–H and O–H groups in total. The average molecular weight is 282 g/mol. The minimum absolute atomic E-state index is 0.466. The minimum atomic E-state index is -1.03. The van der Waals surface area contributed by atoms with Crippen molar-refractivity contribution in [1.29, 1.82) is 0 Å². The molecule has 0 bridgehead atoms. The summed E-state index contributed by atoms with van der Waals surface area (Å²) >= 11 is 0. The summed E-state index contributed by atoms with van der Waals surface area (Å²) in [6, 6.07) is 3.09. The highest BCUT2D eigenvalue weighted by atomic mass is 28.3. The van der Waals surface area contributed by atoms with Crippen LogP contribution in [-0.4, -0.2) is 31.5 Å². The van der Waals surface area contributed by atoms with E-state index in [2.05, 4.69) is 24.7 Å². The molecule has 0 amide bonds. The van der Waals surface area contributed by atoms with Gasteiger partial charge in [-0.15, -0.1) is 0 Å². The zero-order valence-corrected chi connectivity index (χ0v) is 13.7. The molecule has 1 aromatic rings. The number of allylic oxidation sites excluding steroid dienone is 1. The predicted molar refractivity (Wildman–Crippen MR) is 82.7 cm³/mol. The highest BCUT2D eigenvalue weighted by Crippen LogP contribution is 2.15. The number of aromatic nitrogens is 2. The molecule has 5 nitrogen and oxygen atoms in total. The van der Waals surface area contributed by atoms with Crippen molar-refractivity contribution >= 4 is 13.9 Å². The van der Waals surface area contributed by atoms with Crippen LogP contribution in [0.2, 0.25) is 25.7 Å². The van der Waals surface area contributed by atoms with E-state index in [-0.39, 0.29) is 0 Å². The molecule has 0 atom stereocenters. The van der Waals surface area contributed by atoms with E-state index in [9.17, 15) is 0 Å². The summed E-state index contributed by atoms with van der Waals surface area (Å²) in [6.07, 6.45) is 3.63. The Bertz CT molecular complexity index is 423. The van der Waals surface area contributed by atoms with Gasteiger partial charge >= 0.3 is 0 Å². The minimum Gasteiger partial charge on any atom is -0.385 e. The van der Waals surface area contributed by atoms with Crippen LogP contribution in [0.1, 0.15) is 6.92 Å². The molecule has 0 spiro atoms. The van der Waals surface area contributed by atoms with E-state index in [1.165, 1.54) is 0 Å². The predicted octanol–water partition coefficient (Wildman–Crippen LogP) is 2.45. The van der Waals surface area contributed by atoms with Gasteiger partial charge in [-0.25, -0.2) is 4.68 Å². The van der Waals surface area contributed by atoms with E-state index in [1.807, 2.05) is 35.7 Å². The zero-order valence-electron chi connectivity index (χ0n) is 12.7. The highest BCUT2D eigenvalue weighted by molar-refractivity contribution is 6.76. The Labute approximate surface area is 117 Å². The van der Waals surface area contributed by atoms with E-state index in [0.29, 0.717) is 12.6 Å². The Morgan fingerprint density at radius 3 is 2.79 bits per heavy atom. The molecular weight excluding hydrogens is 256 g/mol. The molecule has 1 heterocycles. The van der Waals surface area contributed by atoms with Crippen molar-refractivity contribution in [1.82, 2.24) is 9.78 Å². The molecule has 0 aliphatic carbocycles. The summed E-state index contributed by atoms with van der Waals surface area (Å²) in [4.78, 5) is 1.90. The van der Waals surface area contributed by atoms with Crippen LogP contribution < -0.4 is 10.6 Å². The van der Waals surface area contributed by atoms with E-state index in [4.69, 9.17) is 10.5 Å². The lowest BCUT2D eigenvalue weighted by Gasteiger charge is -2.20. The summed E-state index contributed by atoms with van der Waals surface area (Å²) in [5.74, 6) is 1.63. The summed E-state index contributed by atoms with van der Waals surface area (Å²) in [7, 11) is 0.889. The van der Waals surface area contributed by atoms with Crippen LogP contribution in [-0.2, 0) is 11.5 Å². The van der Waals surface area contributed by atoms with Crippen molar-refractivity contribution in [3.8, 4) is 0 Å². The van der Waals surface area contributed by atoms with Gasteiger partial charge in [-0.2, -0.15) is 5.10 Å². The third kappa shape index (κ3) is 5.08. The topological polar surface area (TPSA) is 56.3 Å². The number of rotatable bonds is 7. The average Bonchev–Trinajstić information content (AvgIpc) is 2.79. The molecule has 0 aliphatic rings. The number of anilines is 1. The summed E-state index contributed by atoms with van der Waals surface area (Å²) in [5, 5.41) is 4.27. The largest absolute Gasteiger partial charge is 0.385 e. The first-order valence-corrected chi connectivity index (χ1v) is 10.3. The lowest BCUT2D eigenvalue weighted by molar-refractivity contribution is 0.0796. The van der Waals surface area contributed by atoms with Crippen LogP contribution in [0, 0.1) is 0 Å². The summed E-state index contributed by atoms with van der Waals surface area (Å²) in [5.41, 5.74) is 5.90. The lowest BCUT2D eigenvalue weighted by atomic mass is 10.5. The first kappa shape index (κ1) is 15.8. The Morgan fingerprint density at radius 1 is 1.53 bits per heavy atom. The second-order valence-corrected chi connectivity index (χ2v) is 11.4. The van der Waals surface area contributed by atoms with Crippen molar-refractivity contribution in [2.75, 3.05) is 18.6 Å². The SMILES string of the molecule is C/C=C(\N)N(C)c1ccnn1COCC[Si](C)(C)C. The molecule has 6 heteroatoms.